The van der Waals surface area contributed by atoms with Crippen LogP contribution in [0, 0.1) is 0 Å². The van der Waals surface area contributed by atoms with Gasteiger partial charge in [0.15, 0.2) is 0 Å². The lowest BCUT2D eigenvalue weighted by Gasteiger charge is -2.25. The molecule has 0 saturated carbocycles. The molecule has 2 rings (SSSR count). The lowest BCUT2D eigenvalue weighted by molar-refractivity contribution is 0.480. The zero-order chi connectivity index (χ0) is 21.0. The molecule has 158 valence electrons. The first-order valence-electron chi connectivity index (χ1n) is 10.4. The van der Waals surface area contributed by atoms with Crippen molar-refractivity contribution in [1.82, 2.24) is 4.98 Å². The molecular formula is C23H32N2O3S. The molecule has 1 heterocycles. The summed E-state index contributed by atoms with van der Waals surface area (Å²) < 4.78 is 30.8. The standard InChI is InChI=1S/C23H32N2O3S/c1-2-3-4-5-18-25(19-6-7-20-29(26,27)28)23-12-10-21(11-13-23)8-9-22-14-16-24-17-15-22/h8-17H,2-7,18-20H2,1H3,(H,26,27,28). The van der Waals surface area contributed by atoms with Gasteiger partial charge < -0.3 is 4.90 Å². The third kappa shape index (κ3) is 9.72. The maximum Gasteiger partial charge on any atom is 0.264 e. The average Bonchev–Trinajstić information content (AvgIpc) is 2.71. The zero-order valence-electron chi connectivity index (χ0n) is 17.2. The van der Waals surface area contributed by atoms with Crippen LogP contribution in [0.25, 0.3) is 12.2 Å². The number of anilines is 1. The van der Waals surface area contributed by atoms with Gasteiger partial charge in [-0.05, 0) is 54.7 Å². The van der Waals surface area contributed by atoms with Gasteiger partial charge in [0.2, 0.25) is 0 Å². The predicted molar refractivity (Wildman–Crippen MR) is 122 cm³/mol. The summed E-state index contributed by atoms with van der Waals surface area (Å²) in [7, 11) is -3.88. The molecule has 0 aliphatic carbocycles. The smallest absolute Gasteiger partial charge is 0.264 e. The molecule has 1 aromatic carbocycles. The summed E-state index contributed by atoms with van der Waals surface area (Å²) in [5.74, 6) is -0.171. The Kier molecular flexibility index (Phi) is 9.88. The van der Waals surface area contributed by atoms with Crippen LogP contribution in [0.5, 0.6) is 0 Å². The van der Waals surface area contributed by atoms with E-state index < -0.39 is 10.1 Å². The molecule has 6 heteroatoms. The van der Waals surface area contributed by atoms with E-state index in [0.717, 1.165) is 42.7 Å². The Bertz CT molecular complexity index is 834. The van der Waals surface area contributed by atoms with Crippen molar-refractivity contribution in [1.29, 1.82) is 0 Å². The molecule has 1 aromatic heterocycles. The monoisotopic (exact) mass is 416 g/mol. The van der Waals surface area contributed by atoms with Gasteiger partial charge in [-0.15, -0.1) is 0 Å². The van der Waals surface area contributed by atoms with Gasteiger partial charge in [0.1, 0.15) is 0 Å². The molecule has 5 nitrogen and oxygen atoms in total. The molecule has 0 aliphatic rings. The van der Waals surface area contributed by atoms with Gasteiger partial charge in [-0.2, -0.15) is 8.42 Å². The minimum atomic E-state index is -3.88. The maximum absolute atomic E-state index is 10.9. The molecule has 0 amide bonds. The minimum absolute atomic E-state index is 0.171. The van der Waals surface area contributed by atoms with Crippen LogP contribution in [0.4, 0.5) is 5.69 Å². The van der Waals surface area contributed by atoms with Crippen molar-refractivity contribution in [2.75, 3.05) is 23.7 Å². The Labute approximate surface area is 175 Å². The highest BCUT2D eigenvalue weighted by Gasteiger charge is 2.08. The Morgan fingerprint density at radius 1 is 0.862 bits per heavy atom. The van der Waals surface area contributed by atoms with E-state index in [1.165, 1.54) is 19.3 Å². The Morgan fingerprint density at radius 2 is 1.45 bits per heavy atom. The molecule has 0 spiro atoms. The number of benzene rings is 1. The number of aromatic nitrogens is 1. The number of hydrogen-bond donors (Lipinski definition) is 1. The van der Waals surface area contributed by atoms with E-state index in [-0.39, 0.29) is 5.75 Å². The minimum Gasteiger partial charge on any atom is -0.372 e. The number of hydrogen-bond acceptors (Lipinski definition) is 4. The summed E-state index contributed by atoms with van der Waals surface area (Å²) in [5.41, 5.74) is 3.39. The fraction of sp³-hybridized carbons (Fsp3) is 0.435. The fourth-order valence-corrected chi connectivity index (χ4v) is 3.72. The third-order valence-corrected chi connectivity index (χ3v) is 5.60. The van der Waals surface area contributed by atoms with Gasteiger partial charge in [-0.3, -0.25) is 9.54 Å². The number of pyridine rings is 1. The van der Waals surface area contributed by atoms with E-state index in [1.807, 2.05) is 12.1 Å². The molecule has 0 radical (unpaired) electrons. The maximum atomic E-state index is 10.9. The van der Waals surface area contributed by atoms with Gasteiger partial charge in [-0.1, -0.05) is 50.5 Å². The van der Waals surface area contributed by atoms with Crippen LogP contribution in [0.2, 0.25) is 0 Å². The molecule has 2 aromatic rings. The highest BCUT2D eigenvalue weighted by Crippen LogP contribution is 2.19. The van der Waals surface area contributed by atoms with Crippen LogP contribution >= 0.6 is 0 Å². The van der Waals surface area contributed by atoms with Crippen molar-refractivity contribution >= 4 is 28.0 Å². The summed E-state index contributed by atoms with van der Waals surface area (Å²) in [6, 6.07) is 12.4. The molecule has 0 atom stereocenters. The van der Waals surface area contributed by atoms with E-state index in [0.29, 0.717) is 6.42 Å². The highest BCUT2D eigenvalue weighted by molar-refractivity contribution is 7.85. The fourth-order valence-electron chi connectivity index (χ4n) is 3.15. The number of unbranched alkanes of at least 4 members (excludes halogenated alkanes) is 4. The lowest BCUT2D eigenvalue weighted by Crippen LogP contribution is -2.26. The van der Waals surface area contributed by atoms with Crippen LogP contribution in [0.3, 0.4) is 0 Å². The molecule has 0 unspecified atom stereocenters. The zero-order valence-corrected chi connectivity index (χ0v) is 18.0. The van der Waals surface area contributed by atoms with Crippen LogP contribution < -0.4 is 4.90 Å². The number of nitrogens with zero attached hydrogens (tertiary/aromatic N) is 2. The van der Waals surface area contributed by atoms with E-state index >= 15 is 0 Å². The molecule has 0 saturated heterocycles. The van der Waals surface area contributed by atoms with Gasteiger partial charge >= 0.3 is 0 Å². The quantitative estimate of drug-likeness (QED) is 0.354. The summed E-state index contributed by atoms with van der Waals surface area (Å²) in [6.45, 7) is 3.94. The van der Waals surface area contributed by atoms with Crippen molar-refractivity contribution in [3.63, 3.8) is 0 Å². The van der Waals surface area contributed by atoms with Crippen LogP contribution in [0.1, 0.15) is 56.6 Å². The molecule has 0 fully saturated rings. The van der Waals surface area contributed by atoms with Crippen molar-refractivity contribution in [3.05, 3.63) is 59.9 Å². The van der Waals surface area contributed by atoms with Crippen molar-refractivity contribution in [2.24, 2.45) is 0 Å². The highest BCUT2D eigenvalue weighted by atomic mass is 32.2. The van der Waals surface area contributed by atoms with Crippen molar-refractivity contribution < 1.29 is 13.0 Å². The summed E-state index contributed by atoms with van der Waals surface area (Å²) >= 11 is 0. The van der Waals surface area contributed by atoms with Gasteiger partial charge in [0, 0.05) is 31.2 Å². The Balaban J connectivity index is 1.97. The van der Waals surface area contributed by atoms with Crippen LogP contribution in [-0.4, -0.2) is 36.8 Å². The molecule has 29 heavy (non-hydrogen) atoms. The van der Waals surface area contributed by atoms with E-state index in [1.54, 1.807) is 12.4 Å². The van der Waals surface area contributed by atoms with Crippen LogP contribution in [0.15, 0.2) is 48.8 Å². The lowest BCUT2D eigenvalue weighted by atomic mass is 10.1. The predicted octanol–water partition coefficient (Wildman–Crippen LogP) is 5.31. The second-order valence-corrected chi connectivity index (χ2v) is 8.82. The summed E-state index contributed by atoms with van der Waals surface area (Å²) in [5, 5.41) is 0. The third-order valence-electron chi connectivity index (χ3n) is 4.79. The van der Waals surface area contributed by atoms with Gasteiger partial charge in [0.25, 0.3) is 10.1 Å². The van der Waals surface area contributed by atoms with Crippen molar-refractivity contribution in [3.8, 4) is 0 Å². The largest absolute Gasteiger partial charge is 0.372 e. The topological polar surface area (TPSA) is 70.5 Å². The summed E-state index contributed by atoms with van der Waals surface area (Å²) in [4.78, 5) is 6.34. The molecule has 1 N–H and O–H groups in total. The molecule has 0 aliphatic heterocycles. The Morgan fingerprint density at radius 3 is 2.03 bits per heavy atom. The second-order valence-electron chi connectivity index (χ2n) is 7.25. The van der Waals surface area contributed by atoms with Gasteiger partial charge in [-0.25, -0.2) is 0 Å². The normalized spacial score (nSPS) is 11.8. The first-order chi connectivity index (χ1) is 14.0. The first kappa shape index (κ1) is 23.1. The van der Waals surface area contributed by atoms with Gasteiger partial charge in [0.05, 0.1) is 5.75 Å². The van der Waals surface area contributed by atoms with Crippen molar-refractivity contribution in [2.45, 2.75) is 45.4 Å². The average molecular weight is 417 g/mol. The Hall–Kier alpha value is -2.18. The summed E-state index contributed by atoms with van der Waals surface area (Å²) in [6.07, 6.45) is 13.7. The first-order valence-corrected chi connectivity index (χ1v) is 12.0. The molecule has 0 bridgehead atoms. The van der Waals surface area contributed by atoms with E-state index in [9.17, 15) is 8.42 Å². The van der Waals surface area contributed by atoms with E-state index in [4.69, 9.17) is 4.55 Å². The molecular weight excluding hydrogens is 384 g/mol. The SMILES string of the molecule is CCCCCCN(CCCCS(=O)(=O)O)c1ccc(C=Cc2ccncc2)cc1. The van der Waals surface area contributed by atoms with E-state index in [2.05, 4.69) is 53.2 Å². The number of rotatable bonds is 13. The second kappa shape index (κ2) is 12.4. The van der Waals surface area contributed by atoms with Crippen LogP contribution in [-0.2, 0) is 10.1 Å².